The van der Waals surface area contributed by atoms with Gasteiger partial charge in [-0.3, -0.25) is 10.1 Å². The highest BCUT2D eigenvalue weighted by Crippen LogP contribution is 2.38. The van der Waals surface area contributed by atoms with Crippen LogP contribution < -0.4 is 4.74 Å². The number of nitro groups is 1. The summed E-state index contributed by atoms with van der Waals surface area (Å²) in [6.07, 6.45) is 0. The molecule has 20 heavy (non-hydrogen) atoms. The van der Waals surface area contributed by atoms with Crippen LogP contribution in [0, 0.1) is 21.4 Å². The van der Waals surface area contributed by atoms with Gasteiger partial charge in [-0.05, 0) is 40.2 Å². The Labute approximate surface area is 127 Å². The van der Waals surface area contributed by atoms with Gasteiger partial charge in [0.1, 0.15) is 16.0 Å². The molecule has 0 saturated heterocycles. The van der Waals surface area contributed by atoms with Crippen molar-refractivity contribution in [3.63, 3.8) is 0 Å². The molecule has 100 valence electrons. The highest BCUT2D eigenvalue weighted by molar-refractivity contribution is 9.10. The van der Waals surface area contributed by atoms with Crippen molar-refractivity contribution in [2.24, 2.45) is 0 Å². The largest absolute Gasteiger partial charge is 0.454 e. The van der Waals surface area contributed by atoms with Crippen LogP contribution in [-0.4, -0.2) is 4.92 Å². The quantitative estimate of drug-likeness (QED) is 0.593. The van der Waals surface area contributed by atoms with Crippen LogP contribution in [-0.2, 0) is 0 Å². The summed E-state index contributed by atoms with van der Waals surface area (Å²) in [6.45, 7) is 0. The molecule has 2 aromatic rings. The lowest BCUT2D eigenvalue weighted by Gasteiger charge is -2.09. The number of ether oxygens (including phenoxy) is 1. The SMILES string of the molecule is N#Cc1ccc(Oc2cccc([N+](=O)[O-])c2Br)c(Cl)c1. The third-order valence-corrected chi connectivity index (χ3v) is 3.51. The molecule has 0 aliphatic rings. The molecule has 0 bridgehead atoms. The molecule has 2 aromatic carbocycles. The highest BCUT2D eigenvalue weighted by Gasteiger charge is 2.17. The maximum atomic E-state index is 10.8. The smallest absolute Gasteiger partial charge is 0.287 e. The van der Waals surface area contributed by atoms with Crippen LogP contribution in [0.3, 0.4) is 0 Å². The van der Waals surface area contributed by atoms with Crippen LogP contribution in [0.5, 0.6) is 11.5 Å². The molecule has 0 fully saturated rings. The predicted molar refractivity (Wildman–Crippen MR) is 77.0 cm³/mol. The van der Waals surface area contributed by atoms with Gasteiger partial charge in [-0.2, -0.15) is 5.26 Å². The van der Waals surface area contributed by atoms with Crippen molar-refractivity contribution < 1.29 is 9.66 Å². The Bertz CT molecular complexity index is 728. The summed E-state index contributed by atoms with van der Waals surface area (Å²) in [5.41, 5.74) is 0.299. The number of benzene rings is 2. The standard InChI is InChI=1S/C13H6BrClN2O3/c14-13-10(17(18)19)2-1-3-12(13)20-11-5-4-8(7-16)6-9(11)15/h1-6H. The van der Waals surface area contributed by atoms with Gasteiger partial charge in [-0.15, -0.1) is 0 Å². The molecule has 0 aliphatic heterocycles. The molecule has 0 spiro atoms. The maximum absolute atomic E-state index is 10.8. The predicted octanol–water partition coefficient (Wildman–Crippen LogP) is 4.67. The fraction of sp³-hybridized carbons (Fsp3) is 0. The van der Waals surface area contributed by atoms with E-state index < -0.39 is 4.92 Å². The second-order valence-corrected chi connectivity index (χ2v) is 4.91. The zero-order valence-electron chi connectivity index (χ0n) is 9.84. The van der Waals surface area contributed by atoms with Gasteiger partial charge in [0.25, 0.3) is 5.69 Å². The van der Waals surface area contributed by atoms with E-state index in [4.69, 9.17) is 21.6 Å². The van der Waals surface area contributed by atoms with Gasteiger partial charge in [-0.25, -0.2) is 0 Å². The van der Waals surface area contributed by atoms with Gasteiger partial charge in [0.2, 0.25) is 0 Å². The van der Waals surface area contributed by atoms with Crippen molar-refractivity contribution in [3.05, 3.63) is 61.6 Å². The summed E-state index contributed by atoms with van der Waals surface area (Å²) >= 11 is 9.12. The Morgan fingerprint density at radius 2 is 2.05 bits per heavy atom. The van der Waals surface area contributed by atoms with E-state index in [0.29, 0.717) is 11.3 Å². The minimum absolute atomic E-state index is 0.104. The average Bonchev–Trinajstić information content (AvgIpc) is 2.42. The van der Waals surface area contributed by atoms with Crippen molar-refractivity contribution in [1.29, 1.82) is 5.26 Å². The first-order chi connectivity index (χ1) is 9.52. The van der Waals surface area contributed by atoms with Gasteiger partial charge in [0, 0.05) is 6.07 Å². The van der Waals surface area contributed by atoms with Crippen molar-refractivity contribution in [3.8, 4) is 17.6 Å². The molecule has 0 saturated carbocycles. The fourth-order valence-corrected chi connectivity index (χ4v) is 2.20. The second kappa shape index (κ2) is 5.90. The summed E-state index contributed by atoms with van der Waals surface area (Å²) in [4.78, 5) is 10.3. The molecule has 0 aliphatic carbocycles. The monoisotopic (exact) mass is 352 g/mol. The molecule has 0 aromatic heterocycles. The van der Waals surface area contributed by atoms with E-state index in [2.05, 4.69) is 15.9 Å². The number of halogens is 2. The lowest BCUT2D eigenvalue weighted by atomic mass is 10.2. The molecule has 0 unspecified atom stereocenters. The van der Waals surface area contributed by atoms with Crippen molar-refractivity contribution in [2.75, 3.05) is 0 Å². The van der Waals surface area contributed by atoms with Crippen LogP contribution in [0.4, 0.5) is 5.69 Å². The lowest BCUT2D eigenvalue weighted by Crippen LogP contribution is -1.92. The molecular formula is C13H6BrClN2O3. The second-order valence-electron chi connectivity index (χ2n) is 3.71. The average molecular weight is 354 g/mol. The van der Waals surface area contributed by atoms with Crippen molar-refractivity contribution in [2.45, 2.75) is 0 Å². The van der Waals surface area contributed by atoms with Gasteiger partial charge < -0.3 is 4.74 Å². The number of rotatable bonds is 3. The van der Waals surface area contributed by atoms with Gasteiger partial charge in [0.15, 0.2) is 0 Å². The van der Waals surface area contributed by atoms with E-state index in [1.54, 1.807) is 12.1 Å². The number of hydrogen-bond donors (Lipinski definition) is 0. The molecule has 0 radical (unpaired) electrons. The minimum atomic E-state index is -0.517. The fourth-order valence-electron chi connectivity index (χ4n) is 1.49. The van der Waals surface area contributed by atoms with Gasteiger partial charge >= 0.3 is 0 Å². The Kier molecular flexibility index (Phi) is 4.23. The Balaban J connectivity index is 2.38. The van der Waals surface area contributed by atoms with Crippen molar-refractivity contribution >= 4 is 33.2 Å². The third kappa shape index (κ3) is 2.90. The molecule has 7 heteroatoms. The van der Waals surface area contributed by atoms with Crippen molar-refractivity contribution in [1.82, 2.24) is 0 Å². The molecular weight excluding hydrogens is 348 g/mol. The van der Waals surface area contributed by atoms with E-state index in [1.165, 1.54) is 24.3 Å². The number of hydrogen-bond acceptors (Lipinski definition) is 4. The Hall–Kier alpha value is -2.10. The van der Waals surface area contributed by atoms with E-state index in [9.17, 15) is 10.1 Å². The third-order valence-electron chi connectivity index (χ3n) is 2.42. The van der Waals surface area contributed by atoms with Crippen LogP contribution in [0.1, 0.15) is 5.56 Å². The normalized spacial score (nSPS) is 9.85. The lowest BCUT2D eigenvalue weighted by molar-refractivity contribution is -0.385. The molecule has 2 rings (SSSR count). The van der Waals surface area contributed by atoms with Gasteiger partial charge in [0.05, 0.1) is 21.6 Å². The van der Waals surface area contributed by atoms with Gasteiger partial charge in [-0.1, -0.05) is 17.7 Å². The zero-order valence-corrected chi connectivity index (χ0v) is 12.2. The topological polar surface area (TPSA) is 76.2 Å². The van der Waals surface area contributed by atoms with E-state index >= 15 is 0 Å². The number of nitriles is 1. The Morgan fingerprint density at radius 1 is 1.30 bits per heavy atom. The summed E-state index contributed by atoms with van der Waals surface area (Å²) in [5.74, 6) is 0.581. The first-order valence-electron chi connectivity index (χ1n) is 5.33. The molecule has 0 heterocycles. The summed E-state index contributed by atoms with van der Waals surface area (Å²) < 4.78 is 5.76. The number of nitro benzene ring substituents is 1. The summed E-state index contributed by atoms with van der Waals surface area (Å²) in [6, 6.07) is 10.9. The maximum Gasteiger partial charge on any atom is 0.287 e. The highest BCUT2D eigenvalue weighted by atomic mass is 79.9. The Morgan fingerprint density at radius 3 is 2.65 bits per heavy atom. The molecule has 0 amide bonds. The van der Waals surface area contributed by atoms with Crippen LogP contribution >= 0.6 is 27.5 Å². The summed E-state index contributed by atoms with van der Waals surface area (Å²) in [7, 11) is 0. The van der Waals surface area contributed by atoms with Crippen LogP contribution in [0.2, 0.25) is 5.02 Å². The zero-order chi connectivity index (χ0) is 14.7. The van der Waals surface area contributed by atoms with E-state index in [0.717, 1.165) is 0 Å². The van der Waals surface area contributed by atoms with Crippen LogP contribution in [0.25, 0.3) is 0 Å². The number of nitrogens with zero attached hydrogens (tertiary/aromatic N) is 2. The van der Waals surface area contributed by atoms with Crippen LogP contribution in [0.15, 0.2) is 40.9 Å². The first-order valence-corrected chi connectivity index (χ1v) is 6.50. The molecule has 5 nitrogen and oxygen atoms in total. The molecule has 0 atom stereocenters. The van der Waals surface area contributed by atoms with E-state index in [-0.39, 0.29) is 20.9 Å². The minimum Gasteiger partial charge on any atom is -0.454 e. The summed E-state index contributed by atoms with van der Waals surface area (Å²) in [5, 5.41) is 19.8. The molecule has 0 N–H and O–H groups in total. The van der Waals surface area contributed by atoms with E-state index in [1.807, 2.05) is 6.07 Å². The first kappa shape index (κ1) is 14.3.